The minimum absolute atomic E-state index is 0.0227. The number of rotatable bonds is 6. The zero-order chi connectivity index (χ0) is 19.1. The Balaban J connectivity index is 1.50. The average Bonchev–Trinajstić information content (AvgIpc) is 2.70. The maximum absolute atomic E-state index is 12.3. The van der Waals surface area contributed by atoms with Crippen molar-refractivity contribution in [1.29, 1.82) is 0 Å². The zero-order valence-corrected chi connectivity index (χ0v) is 15.5. The number of amides is 1. The van der Waals surface area contributed by atoms with Gasteiger partial charge in [0.05, 0.1) is 25.3 Å². The van der Waals surface area contributed by atoms with Gasteiger partial charge in [0.25, 0.3) is 5.91 Å². The van der Waals surface area contributed by atoms with E-state index < -0.39 is 0 Å². The molecule has 140 valence electrons. The highest BCUT2D eigenvalue weighted by Crippen LogP contribution is 2.17. The standard InChI is InChI=1S/C22H24N2O3/c1-2-27-22(26)19-8-10-20(11-9-19)23-21(25)16-24-14-12-18(13-15-24)17-6-4-3-5-7-17/h3-12H,2,13-16H2,1H3,(H,23,25)/p+1. The summed E-state index contributed by atoms with van der Waals surface area (Å²) in [7, 11) is 0. The van der Waals surface area contributed by atoms with E-state index in [2.05, 4.69) is 35.7 Å². The number of hydrogen-bond acceptors (Lipinski definition) is 3. The number of hydrogen-bond donors (Lipinski definition) is 2. The van der Waals surface area contributed by atoms with E-state index in [4.69, 9.17) is 4.74 Å². The van der Waals surface area contributed by atoms with Gasteiger partial charge in [0.2, 0.25) is 0 Å². The Bertz CT molecular complexity index is 813. The molecule has 1 unspecified atom stereocenters. The predicted molar refractivity (Wildman–Crippen MR) is 106 cm³/mol. The summed E-state index contributed by atoms with van der Waals surface area (Å²) in [6.07, 6.45) is 3.20. The molecule has 1 aliphatic rings. The molecule has 0 aromatic heterocycles. The van der Waals surface area contributed by atoms with Crippen LogP contribution in [0.1, 0.15) is 29.3 Å². The molecule has 0 radical (unpaired) electrons. The molecule has 0 bridgehead atoms. The normalized spacial score (nSPS) is 16.3. The van der Waals surface area contributed by atoms with Crippen LogP contribution < -0.4 is 10.2 Å². The second-order valence-corrected chi connectivity index (χ2v) is 6.57. The van der Waals surface area contributed by atoms with Crippen molar-refractivity contribution in [2.45, 2.75) is 13.3 Å². The van der Waals surface area contributed by atoms with Gasteiger partial charge < -0.3 is 15.0 Å². The minimum Gasteiger partial charge on any atom is -0.462 e. The van der Waals surface area contributed by atoms with Crippen molar-refractivity contribution in [1.82, 2.24) is 0 Å². The van der Waals surface area contributed by atoms with Crippen molar-refractivity contribution in [3.8, 4) is 0 Å². The van der Waals surface area contributed by atoms with Crippen molar-refractivity contribution >= 4 is 23.1 Å². The van der Waals surface area contributed by atoms with Gasteiger partial charge in [-0.25, -0.2) is 4.79 Å². The fraction of sp³-hybridized carbons (Fsp3) is 0.273. The summed E-state index contributed by atoms with van der Waals surface area (Å²) in [5.74, 6) is -0.375. The lowest BCUT2D eigenvalue weighted by atomic mass is 10.00. The van der Waals surface area contributed by atoms with Gasteiger partial charge in [-0.15, -0.1) is 0 Å². The first-order valence-electron chi connectivity index (χ1n) is 9.30. The van der Waals surface area contributed by atoms with Crippen LogP contribution in [0.15, 0.2) is 60.7 Å². The number of ether oxygens (including phenoxy) is 1. The molecule has 5 nitrogen and oxygen atoms in total. The number of anilines is 1. The fourth-order valence-electron chi connectivity index (χ4n) is 3.19. The molecule has 0 saturated carbocycles. The van der Waals surface area contributed by atoms with Gasteiger partial charge >= 0.3 is 5.97 Å². The molecular weight excluding hydrogens is 340 g/mol. The molecular formula is C22H25N2O3+. The summed E-state index contributed by atoms with van der Waals surface area (Å²) in [5.41, 5.74) is 3.79. The van der Waals surface area contributed by atoms with Crippen molar-refractivity contribution in [3.63, 3.8) is 0 Å². The Hall–Kier alpha value is -2.92. The van der Waals surface area contributed by atoms with E-state index in [1.807, 2.05) is 6.07 Å². The highest BCUT2D eigenvalue weighted by atomic mass is 16.5. The maximum Gasteiger partial charge on any atom is 0.338 e. The van der Waals surface area contributed by atoms with Gasteiger partial charge in [-0.2, -0.15) is 0 Å². The monoisotopic (exact) mass is 365 g/mol. The lowest BCUT2D eigenvalue weighted by Gasteiger charge is -2.23. The van der Waals surface area contributed by atoms with Crippen LogP contribution in [-0.4, -0.2) is 38.1 Å². The lowest BCUT2D eigenvalue weighted by Crippen LogP contribution is -3.13. The Kier molecular flexibility index (Phi) is 6.39. The molecule has 1 aliphatic heterocycles. The number of benzene rings is 2. The summed E-state index contributed by atoms with van der Waals surface area (Å²) in [4.78, 5) is 25.2. The predicted octanol–water partition coefficient (Wildman–Crippen LogP) is 2.17. The molecule has 1 atom stereocenters. The molecule has 5 heteroatoms. The molecule has 2 aromatic carbocycles. The van der Waals surface area contributed by atoms with Gasteiger partial charge in [0.1, 0.15) is 0 Å². The Morgan fingerprint density at radius 3 is 2.44 bits per heavy atom. The molecule has 1 heterocycles. The SMILES string of the molecule is CCOC(=O)c1ccc(NC(=O)C[NH+]2CC=C(c3ccccc3)CC2)cc1. The van der Waals surface area contributed by atoms with Gasteiger partial charge in [0.15, 0.2) is 6.54 Å². The minimum atomic E-state index is -0.353. The smallest absolute Gasteiger partial charge is 0.338 e. The van der Waals surface area contributed by atoms with Crippen molar-refractivity contribution in [2.24, 2.45) is 0 Å². The Morgan fingerprint density at radius 2 is 1.81 bits per heavy atom. The molecule has 2 aromatic rings. The highest BCUT2D eigenvalue weighted by Gasteiger charge is 2.19. The third-order valence-electron chi connectivity index (χ3n) is 4.62. The van der Waals surface area contributed by atoms with Gasteiger partial charge in [-0.3, -0.25) is 4.79 Å². The van der Waals surface area contributed by atoms with Crippen molar-refractivity contribution in [2.75, 3.05) is 31.6 Å². The van der Waals surface area contributed by atoms with E-state index in [0.717, 1.165) is 19.5 Å². The number of quaternary nitrogens is 1. The second-order valence-electron chi connectivity index (χ2n) is 6.57. The van der Waals surface area contributed by atoms with E-state index in [0.29, 0.717) is 24.4 Å². The molecule has 0 fully saturated rings. The van der Waals surface area contributed by atoms with E-state index >= 15 is 0 Å². The Morgan fingerprint density at radius 1 is 1.07 bits per heavy atom. The number of esters is 1. The van der Waals surface area contributed by atoms with E-state index in [1.54, 1.807) is 31.2 Å². The first-order chi connectivity index (χ1) is 13.2. The van der Waals surface area contributed by atoms with E-state index in [-0.39, 0.29) is 11.9 Å². The van der Waals surface area contributed by atoms with Gasteiger partial charge in [-0.1, -0.05) is 30.3 Å². The quantitative estimate of drug-likeness (QED) is 0.772. The highest BCUT2D eigenvalue weighted by molar-refractivity contribution is 5.93. The topological polar surface area (TPSA) is 59.8 Å². The molecule has 2 N–H and O–H groups in total. The summed E-state index contributed by atoms with van der Waals surface area (Å²) in [5, 5.41) is 2.90. The molecule has 1 amide bonds. The van der Waals surface area contributed by atoms with Crippen LogP contribution in [0.5, 0.6) is 0 Å². The molecule has 3 rings (SSSR count). The second kappa shape index (κ2) is 9.14. The Labute approximate surface area is 159 Å². The number of carbonyl (C=O) groups is 2. The largest absolute Gasteiger partial charge is 0.462 e. The van der Waals surface area contributed by atoms with Crippen LogP contribution in [0.3, 0.4) is 0 Å². The molecule has 0 spiro atoms. The summed E-state index contributed by atoms with van der Waals surface area (Å²) < 4.78 is 4.95. The van der Waals surface area contributed by atoms with Gasteiger partial charge in [0, 0.05) is 12.1 Å². The zero-order valence-electron chi connectivity index (χ0n) is 15.5. The lowest BCUT2D eigenvalue weighted by molar-refractivity contribution is -0.886. The van der Waals surface area contributed by atoms with Crippen LogP contribution in [0.25, 0.3) is 5.57 Å². The molecule has 27 heavy (non-hydrogen) atoms. The van der Waals surface area contributed by atoms with Crippen LogP contribution in [-0.2, 0) is 9.53 Å². The van der Waals surface area contributed by atoms with Crippen molar-refractivity contribution in [3.05, 3.63) is 71.8 Å². The third-order valence-corrected chi connectivity index (χ3v) is 4.62. The first-order valence-corrected chi connectivity index (χ1v) is 9.30. The summed E-state index contributed by atoms with van der Waals surface area (Å²) in [6.45, 7) is 4.33. The average molecular weight is 365 g/mol. The number of carbonyl (C=O) groups excluding carboxylic acids is 2. The maximum atomic E-state index is 12.3. The van der Waals surface area contributed by atoms with Crippen LogP contribution in [0, 0.1) is 0 Å². The van der Waals surface area contributed by atoms with Crippen LogP contribution in [0.2, 0.25) is 0 Å². The summed E-state index contributed by atoms with van der Waals surface area (Å²) >= 11 is 0. The fourth-order valence-corrected chi connectivity index (χ4v) is 3.19. The first kappa shape index (κ1) is 18.9. The van der Waals surface area contributed by atoms with Crippen molar-refractivity contribution < 1.29 is 19.2 Å². The van der Waals surface area contributed by atoms with Crippen LogP contribution in [0.4, 0.5) is 5.69 Å². The molecule has 0 saturated heterocycles. The van der Waals surface area contributed by atoms with Gasteiger partial charge in [-0.05, 0) is 48.4 Å². The third kappa shape index (κ3) is 5.28. The van der Waals surface area contributed by atoms with E-state index in [9.17, 15) is 9.59 Å². The van der Waals surface area contributed by atoms with Crippen LogP contribution >= 0.6 is 0 Å². The molecule has 0 aliphatic carbocycles. The summed E-state index contributed by atoms with van der Waals surface area (Å²) in [6, 6.07) is 17.2. The number of nitrogens with one attached hydrogen (secondary N) is 2. The van der Waals surface area contributed by atoms with E-state index in [1.165, 1.54) is 16.0 Å².